The smallest absolute Gasteiger partial charge is 0.273 e. The van der Waals surface area contributed by atoms with E-state index in [0.717, 1.165) is 0 Å². The highest BCUT2D eigenvalue weighted by Crippen LogP contribution is 2.20. The van der Waals surface area contributed by atoms with Crippen molar-refractivity contribution in [3.63, 3.8) is 0 Å². The summed E-state index contributed by atoms with van der Waals surface area (Å²) in [4.78, 5) is 30.5. The summed E-state index contributed by atoms with van der Waals surface area (Å²) < 4.78 is 0. The lowest BCUT2D eigenvalue weighted by Gasteiger charge is -2.32. The Kier molecular flexibility index (Phi) is 4.97. The Balaban J connectivity index is 1.57. The van der Waals surface area contributed by atoms with E-state index in [9.17, 15) is 14.7 Å². The van der Waals surface area contributed by atoms with Gasteiger partial charge in [0.25, 0.3) is 11.8 Å². The second kappa shape index (κ2) is 7.34. The molecule has 2 heterocycles. The second-order valence-electron chi connectivity index (χ2n) is 6.23. The van der Waals surface area contributed by atoms with Gasteiger partial charge in [-0.1, -0.05) is 18.2 Å². The van der Waals surface area contributed by atoms with Crippen molar-refractivity contribution in [1.29, 1.82) is 0 Å². The van der Waals surface area contributed by atoms with Crippen molar-refractivity contribution in [1.82, 2.24) is 15.2 Å². The van der Waals surface area contributed by atoms with Crippen molar-refractivity contribution in [2.24, 2.45) is 0 Å². The average Bonchev–Trinajstić information content (AvgIpc) is 2.64. The number of nitrogens with one attached hydrogen (secondary N) is 1. The number of rotatable bonds is 3. The minimum atomic E-state index is -0.381. The molecule has 1 aromatic carbocycles. The Morgan fingerprint density at radius 3 is 2.52 bits per heavy atom. The number of hydrogen-bond donors (Lipinski definition) is 2. The van der Waals surface area contributed by atoms with Crippen LogP contribution in [0.25, 0.3) is 0 Å². The first-order valence-corrected chi connectivity index (χ1v) is 8.36. The molecule has 25 heavy (non-hydrogen) atoms. The maximum Gasteiger partial charge on any atom is 0.273 e. The van der Waals surface area contributed by atoms with Crippen LogP contribution in [0.15, 0.2) is 42.6 Å². The number of amides is 2. The number of hydrogen-bond acceptors (Lipinski definition) is 4. The first-order chi connectivity index (χ1) is 12.1. The standard InChI is InChI=1S/C19H21N3O3/c1-13-7-10-20-16(17(13)23)18(24)21-15-8-11-22(12-9-15)19(25)14-5-3-2-4-6-14/h2-7,10,15,23H,8-9,11-12H2,1H3,(H,21,24). The molecule has 0 saturated carbocycles. The number of likely N-dealkylation sites (tertiary alicyclic amines) is 1. The molecule has 0 atom stereocenters. The molecule has 6 heteroatoms. The van der Waals surface area contributed by atoms with Crippen LogP contribution in [0.5, 0.6) is 5.75 Å². The molecule has 0 aliphatic carbocycles. The summed E-state index contributed by atoms with van der Waals surface area (Å²) in [7, 11) is 0. The van der Waals surface area contributed by atoms with Crippen molar-refractivity contribution >= 4 is 11.8 Å². The summed E-state index contributed by atoms with van der Waals surface area (Å²) in [5.74, 6) is -0.450. The summed E-state index contributed by atoms with van der Waals surface area (Å²) in [6, 6.07) is 10.8. The van der Waals surface area contributed by atoms with E-state index < -0.39 is 0 Å². The third-order valence-electron chi connectivity index (χ3n) is 4.48. The van der Waals surface area contributed by atoms with Crippen LogP contribution in [-0.4, -0.2) is 45.9 Å². The van der Waals surface area contributed by atoms with Gasteiger partial charge in [0.05, 0.1) is 0 Å². The normalized spacial score (nSPS) is 15.0. The van der Waals surface area contributed by atoms with Crippen LogP contribution in [0, 0.1) is 6.92 Å². The summed E-state index contributed by atoms with van der Waals surface area (Å²) in [6.45, 7) is 2.90. The van der Waals surface area contributed by atoms with Crippen LogP contribution in [0.4, 0.5) is 0 Å². The summed E-state index contributed by atoms with van der Waals surface area (Å²) >= 11 is 0. The summed E-state index contributed by atoms with van der Waals surface area (Å²) in [5, 5.41) is 12.9. The Morgan fingerprint density at radius 1 is 1.16 bits per heavy atom. The summed E-state index contributed by atoms with van der Waals surface area (Å²) in [5.41, 5.74) is 1.34. The van der Waals surface area contributed by atoms with E-state index in [0.29, 0.717) is 37.1 Å². The Hall–Kier alpha value is -2.89. The zero-order chi connectivity index (χ0) is 17.8. The fraction of sp³-hybridized carbons (Fsp3) is 0.316. The molecule has 1 saturated heterocycles. The van der Waals surface area contributed by atoms with Gasteiger partial charge in [-0.25, -0.2) is 4.98 Å². The van der Waals surface area contributed by atoms with Crippen molar-refractivity contribution in [2.75, 3.05) is 13.1 Å². The molecule has 2 amide bonds. The Labute approximate surface area is 146 Å². The molecule has 0 spiro atoms. The van der Waals surface area contributed by atoms with Crippen molar-refractivity contribution in [3.05, 3.63) is 59.4 Å². The fourth-order valence-corrected chi connectivity index (χ4v) is 2.96. The number of aromatic nitrogens is 1. The number of piperidine rings is 1. The van der Waals surface area contributed by atoms with Crippen LogP contribution in [0.2, 0.25) is 0 Å². The van der Waals surface area contributed by atoms with Gasteiger partial charge in [-0.2, -0.15) is 0 Å². The van der Waals surface area contributed by atoms with E-state index in [1.807, 2.05) is 30.3 Å². The van der Waals surface area contributed by atoms with Crippen LogP contribution in [0.1, 0.15) is 39.3 Å². The Bertz CT molecular complexity index is 769. The van der Waals surface area contributed by atoms with E-state index in [1.165, 1.54) is 6.20 Å². The second-order valence-corrected chi connectivity index (χ2v) is 6.23. The van der Waals surface area contributed by atoms with Gasteiger partial charge in [-0.3, -0.25) is 9.59 Å². The minimum absolute atomic E-state index is 0.0170. The number of aromatic hydroxyl groups is 1. The average molecular weight is 339 g/mol. The predicted octanol–water partition coefficient (Wildman–Crippen LogP) is 2.13. The summed E-state index contributed by atoms with van der Waals surface area (Å²) in [6.07, 6.45) is 2.86. The van der Waals surface area contributed by atoms with Gasteiger partial charge in [0.15, 0.2) is 5.69 Å². The van der Waals surface area contributed by atoms with Gasteiger partial charge in [0, 0.05) is 30.9 Å². The molecule has 1 aliphatic heterocycles. The van der Waals surface area contributed by atoms with Crippen molar-refractivity contribution in [3.8, 4) is 5.75 Å². The maximum absolute atomic E-state index is 12.4. The third kappa shape index (κ3) is 3.79. The molecule has 130 valence electrons. The van der Waals surface area contributed by atoms with Gasteiger partial charge in [-0.15, -0.1) is 0 Å². The molecule has 1 aromatic heterocycles. The third-order valence-corrected chi connectivity index (χ3v) is 4.48. The number of nitrogens with zero attached hydrogens (tertiary/aromatic N) is 2. The molecule has 3 rings (SSSR count). The number of aryl methyl sites for hydroxylation is 1. The van der Waals surface area contributed by atoms with Crippen LogP contribution >= 0.6 is 0 Å². The maximum atomic E-state index is 12.4. The molecule has 1 fully saturated rings. The van der Waals surface area contributed by atoms with Crippen LogP contribution < -0.4 is 5.32 Å². The van der Waals surface area contributed by atoms with Crippen LogP contribution in [0.3, 0.4) is 0 Å². The first-order valence-electron chi connectivity index (χ1n) is 8.36. The highest BCUT2D eigenvalue weighted by atomic mass is 16.3. The number of carbonyl (C=O) groups is 2. The number of carbonyl (C=O) groups excluding carboxylic acids is 2. The lowest BCUT2D eigenvalue weighted by atomic mass is 10.0. The molecular formula is C19H21N3O3. The Morgan fingerprint density at radius 2 is 1.84 bits per heavy atom. The van der Waals surface area contributed by atoms with Crippen molar-refractivity contribution in [2.45, 2.75) is 25.8 Å². The van der Waals surface area contributed by atoms with E-state index >= 15 is 0 Å². The first kappa shape index (κ1) is 17.0. The highest BCUT2D eigenvalue weighted by Gasteiger charge is 2.26. The fourth-order valence-electron chi connectivity index (χ4n) is 2.96. The molecule has 6 nitrogen and oxygen atoms in total. The molecule has 0 unspecified atom stereocenters. The molecule has 2 N–H and O–H groups in total. The van der Waals surface area contributed by atoms with Gasteiger partial charge in [0.1, 0.15) is 5.75 Å². The van der Waals surface area contributed by atoms with E-state index in [2.05, 4.69) is 10.3 Å². The number of benzene rings is 1. The monoisotopic (exact) mass is 339 g/mol. The molecule has 0 radical (unpaired) electrons. The largest absolute Gasteiger partial charge is 0.505 e. The van der Waals surface area contributed by atoms with Gasteiger partial charge >= 0.3 is 0 Å². The van der Waals surface area contributed by atoms with Crippen molar-refractivity contribution < 1.29 is 14.7 Å². The van der Waals surface area contributed by atoms with Gasteiger partial charge in [-0.05, 0) is 43.5 Å². The molecular weight excluding hydrogens is 318 g/mol. The molecule has 2 aromatic rings. The van der Waals surface area contributed by atoms with E-state index in [4.69, 9.17) is 0 Å². The van der Waals surface area contributed by atoms with Crippen LogP contribution in [-0.2, 0) is 0 Å². The predicted molar refractivity (Wildman–Crippen MR) is 93.5 cm³/mol. The SMILES string of the molecule is Cc1ccnc(C(=O)NC2CCN(C(=O)c3ccccc3)CC2)c1O. The van der Waals surface area contributed by atoms with Gasteiger partial charge in [0.2, 0.25) is 0 Å². The lowest BCUT2D eigenvalue weighted by Crippen LogP contribution is -2.46. The quantitative estimate of drug-likeness (QED) is 0.897. The zero-order valence-corrected chi connectivity index (χ0v) is 14.1. The highest BCUT2D eigenvalue weighted by molar-refractivity contribution is 5.95. The van der Waals surface area contributed by atoms with E-state index in [-0.39, 0.29) is 29.3 Å². The zero-order valence-electron chi connectivity index (χ0n) is 14.1. The number of pyridine rings is 1. The molecule has 0 bridgehead atoms. The minimum Gasteiger partial charge on any atom is -0.505 e. The lowest BCUT2D eigenvalue weighted by molar-refractivity contribution is 0.0697. The molecule has 1 aliphatic rings. The van der Waals surface area contributed by atoms with E-state index in [1.54, 1.807) is 17.9 Å². The topological polar surface area (TPSA) is 82.5 Å². The van der Waals surface area contributed by atoms with Gasteiger partial charge < -0.3 is 15.3 Å².